The van der Waals surface area contributed by atoms with E-state index in [-0.39, 0.29) is 0 Å². The van der Waals surface area contributed by atoms with Gasteiger partial charge in [-0.1, -0.05) is 27.7 Å². The van der Waals surface area contributed by atoms with Crippen molar-refractivity contribution in [3.05, 3.63) is 17.5 Å². The molecule has 1 rings (SSSR count). The molecule has 0 aliphatic heterocycles. The van der Waals surface area contributed by atoms with Crippen LogP contribution in [0.5, 0.6) is 0 Å². The number of aromatic nitrogens is 2. The van der Waals surface area contributed by atoms with Gasteiger partial charge in [-0.05, 0) is 37.8 Å². The summed E-state index contributed by atoms with van der Waals surface area (Å²) in [5.74, 6) is 0. The van der Waals surface area contributed by atoms with E-state index in [1.54, 1.807) is 0 Å². The molecule has 0 radical (unpaired) electrons. The van der Waals surface area contributed by atoms with Gasteiger partial charge in [0.2, 0.25) is 0 Å². The fourth-order valence-corrected chi connectivity index (χ4v) is 2.28. The van der Waals surface area contributed by atoms with E-state index in [0.29, 0.717) is 11.5 Å². The van der Waals surface area contributed by atoms with E-state index >= 15 is 0 Å². The lowest BCUT2D eigenvalue weighted by Gasteiger charge is -2.31. The molecule has 1 heterocycles. The molecule has 1 atom stereocenters. The molecule has 0 saturated heterocycles. The number of hydrogen-bond acceptors (Lipinski definition) is 2. The van der Waals surface area contributed by atoms with E-state index in [4.69, 9.17) is 0 Å². The topological polar surface area (TPSA) is 29.9 Å². The molecular weight excluding hydrogens is 210 g/mol. The van der Waals surface area contributed by atoms with Gasteiger partial charge < -0.3 is 5.32 Å². The van der Waals surface area contributed by atoms with Crippen LogP contribution in [0.2, 0.25) is 0 Å². The molecule has 0 aliphatic rings. The third-order valence-electron chi connectivity index (χ3n) is 3.28. The standard InChI is InChI=1S/C14H27N3/c1-7-15-13(14(3,4)5)9-8-12-10-11(2)16-17(12)6/h10,13,15H,7-9H2,1-6H3. The Labute approximate surface area is 106 Å². The van der Waals surface area contributed by atoms with Crippen LogP contribution in [0, 0.1) is 12.3 Å². The summed E-state index contributed by atoms with van der Waals surface area (Å²) in [6.45, 7) is 12.2. The van der Waals surface area contributed by atoms with Crippen molar-refractivity contribution in [2.45, 2.75) is 53.5 Å². The van der Waals surface area contributed by atoms with Gasteiger partial charge in [-0.15, -0.1) is 0 Å². The number of aryl methyl sites for hydroxylation is 3. The Morgan fingerprint density at radius 3 is 2.47 bits per heavy atom. The summed E-state index contributed by atoms with van der Waals surface area (Å²) >= 11 is 0. The van der Waals surface area contributed by atoms with Crippen LogP contribution < -0.4 is 5.32 Å². The van der Waals surface area contributed by atoms with Crippen LogP contribution in [0.3, 0.4) is 0 Å². The van der Waals surface area contributed by atoms with Crippen LogP contribution in [-0.2, 0) is 13.5 Å². The minimum Gasteiger partial charge on any atom is -0.314 e. The minimum absolute atomic E-state index is 0.309. The van der Waals surface area contributed by atoms with Gasteiger partial charge in [0.15, 0.2) is 0 Å². The SMILES string of the molecule is CCNC(CCc1cc(C)nn1C)C(C)(C)C. The summed E-state index contributed by atoms with van der Waals surface area (Å²) in [4.78, 5) is 0. The third-order valence-corrected chi connectivity index (χ3v) is 3.28. The second kappa shape index (κ2) is 5.67. The maximum atomic E-state index is 4.39. The van der Waals surface area contributed by atoms with E-state index in [9.17, 15) is 0 Å². The molecule has 98 valence electrons. The Kier molecular flexibility index (Phi) is 4.75. The van der Waals surface area contributed by atoms with Gasteiger partial charge in [0.25, 0.3) is 0 Å². The van der Waals surface area contributed by atoms with E-state index in [2.05, 4.69) is 51.1 Å². The lowest BCUT2D eigenvalue weighted by atomic mass is 9.83. The molecule has 1 unspecified atom stereocenters. The average Bonchev–Trinajstić information content (AvgIpc) is 2.50. The zero-order valence-electron chi connectivity index (χ0n) is 12.2. The Bertz CT molecular complexity index is 347. The highest BCUT2D eigenvalue weighted by atomic mass is 15.3. The molecule has 3 nitrogen and oxygen atoms in total. The maximum absolute atomic E-state index is 4.39. The summed E-state index contributed by atoms with van der Waals surface area (Å²) < 4.78 is 2.00. The fourth-order valence-electron chi connectivity index (χ4n) is 2.28. The van der Waals surface area contributed by atoms with Gasteiger partial charge in [0.1, 0.15) is 0 Å². The van der Waals surface area contributed by atoms with Crippen LogP contribution in [0.25, 0.3) is 0 Å². The Morgan fingerprint density at radius 1 is 1.41 bits per heavy atom. The molecule has 1 aromatic rings. The van der Waals surface area contributed by atoms with Gasteiger partial charge in [-0.2, -0.15) is 5.10 Å². The zero-order valence-corrected chi connectivity index (χ0v) is 12.2. The van der Waals surface area contributed by atoms with Gasteiger partial charge in [-0.3, -0.25) is 4.68 Å². The van der Waals surface area contributed by atoms with Crippen molar-refractivity contribution >= 4 is 0 Å². The average molecular weight is 237 g/mol. The Hall–Kier alpha value is -0.830. The highest BCUT2D eigenvalue weighted by Crippen LogP contribution is 2.23. The predicted octanol–water partition coefficient (Wildman–Crippen LogP) is 2.69. The molecule has 0 spiro atoms. The van der Waals surface area contributed by atoms with Gasteiger partial charge in [0.05, 0.1) is 5.69 Å². The van der Waals surface area contributed by atoms with Crippen molar-refractivity contribution < 1.29 is 0 Å². The highest BCUT2D eigenvalue weighted by Gasteiger charge is 2.23. The van der Waals surface area contributed by atoms with Crippen LogP contribution in [0.15, 0.2) is 6.07 Å². The summed E-state index contributed by atoms with van der Waals surface area (Å²) in [5, 5.41) is 7.98. The lowest BCUT2D eigenvalue weighted by molar-refractivity contribution is 0.257. The van der Waals surface area contributed by atoms with Crippen molar-refractivity contribution in [2.75, 3.05) is 6.54 Å². The normalized spacial score (nSPS) is 14.0. The zero-order chi connectivity index (χ0) is 13.1. The summed E-state index contributed by atoms with van der Waals surface area (Å²) in [6.07, 6.45) is 2.25. The molecule has 0 saturated carbocycles. The second-order valence-corrected chi connectivity index (χ2v) is 5.92. The monoisotopic (exact) mass is 237 g/mol. The second-order valence-electron chi connectivity index (χ2n) is 5.92. The third kappa shape index (κ3) is 4.15. The molecule has 0 aliphatic carbocycles. The van der Waals surface area contributed by atoms with Crippen molar-refractivity contribution in [3.8, 4) is 0 Å². The minimum atomic E-state index is 0.309. The maximum Gasteiger partial charge on any atom is 0.0596 e. The van der Waals surface area contributed by atoms with Crippen LogP contribution in [0.1, 0.15) is 45.5 Å². The van der Waals surface area contributed by atoms with Crippen molar-refractivity contribution in [1.82, 2.24) is 15.1 Å². The highest BCUT2D eigenvalue weighted by molar-refractivity contribution is 5.09. The van der Waals surface area contributed by atoms with E-state index < -0.39 is 0 Å². The van der Waals surface area contributed by atoms with E-state index in [1.165, 1.54) is 5.69 Å². The van der Waals surface area contributed by atoms with Gasteiger partial charge >= 0.3 is 0 Å². The molecule has 3 heteroatoms. The summed E-state index contributed by atoms with van der Waals surface area (Å²) in [6, 6.07) is 2.74. The largest absolute Gasteiger partial charge is 0.314 e. The molecule has 0 bridgehead atoms. The first kappa shape index (κ1) is 14.2. The van der Waals surface area contributed by atoms with Crippen LogP contribution in [-0.4, -0.2) is 22.4 Å². The van der Waals surface area contributed by atoms with E-state index in [1.807, 2.05) is 11.7 Å². The van der Waals surface area contributed by atoms with Crippen LogP contribution >= 0.6 is 0 Å². The smallest absolute Gasteiger partial charge is 0.0596 e. The van der Waals surface area contributed by atoms with Crippen molar-refractivity contribution in [2.24, 2.45) is 12.5 Å². The molecule has 1 N–H and O–H groups in total. The Morgan fingerprint density at radius 2 is 2.06 bits per heavy atom. The van der Waals surface area contributed by atoms with Gasteiger partial charge in [-0.25, -0.2) is 0 Å². The first-order chi connectivity index (χ1) is 7.84. The molecule has 0 aromatic carbocycles. The first-order valence-electron chi connectivity index (χ1n) is 6.57. The van der Waals surface area contributed by atoms with Crippen molar-refractivity contribution in [1.29, 1.82) is 0 Å². The molecular formula is C14H27N3. The predicted molar refractivity (Wildman–Crippen MR) is 73.2 cm³/mol. The number of nitrogens with zero attached hydrogens (tertiary/aromatic N) is 2. The Balaban J connectivity index is 2.61. The van der Waals surface area contributed by atoms with Crippen LogP contribution in [0.4, 0.5) is 0 Å². The number of nitrogens with one attached hydrogen (secondary N) is 1. The first-order valence-corrected chi connectivity index (χ1v) is 6.57. The quantitative estimate of drug-likeness (QED) is 0.853. The number of rotatable bonds is 5. The summed E-state index contributed by atoms with van der Waals surface area (Å²) in [7, 11) is 2.03. The fraction of sp³-hybridized carbons (Fsp3) is 0.786. The van der Waals surface area contributed by atoms with E-state index in [0.717, 1.165) is 25.1 Å². The molecule has 0 fully saturated rings. The van der Waals surface area contributed by atoms with Gasteiger partial charge in [0, 0.05) is 18.8 Å². The lowest BCUT2D eigenvalue weighted by Crippen LogP contribution is -2.40. The molecule has 0 amide bonds. The number of hydrogen-bond donors (Lipinski definition) is 1. The van der Waals surface area contributed by atoms with Crippen molar-refractivity contribution in [3.63, 3.8) is 0 Å². The molecule has 1 aromatic heterocycles. The molecule has 17 heavy (non-hydrogen) atoms. The summed E-state index contributed by atoms with van der Waals surface area (Å²) in [5.41, 5.74) is 2.75.